The third-order valence-electron chi connectivity index (χ3n) is 5.68. The van der Waals surface area contributed by atoms with Crippen LogP contribution < -0.4 is 4.90 Å². The average Bonchev–Trinajstić information content (AvgIpc) is 3.15. The van der Waals surface area contributed by atoms with Crippen LogP contribution in [0.15, 0.2) is 22.9 Å². The van der Waals surface area contributed by atoms with E-state index in [1.807, 2.05) is 19.2 Å². The van der Waals surface area contributed by atoms with Crippen molar-refractivity contribution in [2.24, 2.45) is 0 Å². The van der Waals surface area contributed by atoms with E-state index in [0.29, 0.717) is 11.7 Å². The maximum absolute atomic E-state index is 5.29. The molecule has 2 aromatic heterocycles. The molecule has 2 aliphatic rings. The van der Waals surface area contributed by atoms with Gasteiger partial charge in [0.05, 0.1) is 0 Å². The number of hydrogen-bond acceptors (Lipinski definition) is 7. The lowest BCUT2D eigenvalue weighted by atomic mass is 10.0. The second-order valence-electron chi connectivity index (χ2n) is 7.24. The monoisotopic (exact) mass is 356 g/mol. The summed E-state index contributed by atoms with van der Waals surface area (Å²) < 4.78 is 5.29. The van der Waals surface area contributed by atoms with Crippen molar-refractivity contribution in [2.75, 3.05) is 50.7 Å². The molecule has 4 rings (SSSR count). The first-order valence-corrected chi connectivity index (χ1v) is 9.71. The Morgan fingerprint density at radius 3 is 2.54 bits per heavy atom. The Morgan fingerprint density at radius 2 is 1.88 bits per heavy atom. The highest BCUT2D eigenvalue weighted by Crippen LogP contribution is 2.24. The highest BCUT2D eigenvalue weighted by atomic mass is 16.5. The van der Waals surface area contributed by atoms with E-state index in [1.54, 1.807) is 0 Å². The minimum atomic E-state index is 0.562. The number of nitrogens with zero attached hydrogens (tertiary/aromatic N) is 6. The first kappa shape index (κ1) is 17.4. The summed E-state index contributed by atoms with van der Waals surface area (Å²) >= 11 is 0. The van der Waals surface area contributed by atoms with E-state index in [9.17, 15) is 0 Å². The quantitative estimate of drug-likeness (QED) is 0.831. The van der Waals surface area contributed by atoms with E-state index in [-0.39, 0.29) is 0 Å². The third kappa shape index (κ3) is 3.73. The zero-order valence-electron chi connectivity index (χ0n) is 15.8. The summed E-state index contributed by atoms with van der Waals surface area (Å²) in [4.78, 5) is 16.5. The molecule has 26 heavy (non-hydrogen) atoms. The average molecular weight is 356 g/mol. The van der Waals surface area contributed by atoms with E-state index in [2.05, 4.69) is 42.8 Å². The molecular weight excluding hydrogens is 328 g/mol. The van der Waals surface area contributed by atoms with Gasteiger partial charge in [0.1, 0.15) is 5.82 Å². The molecule has 0 bridgehead atoms. The molecule has 140 valence electrons. The summed E-state index contributed by atoms with van der Waals surface area (Å²) in [6.45, 7) is 12.0. The van der Waals surface area contributed by atoms with Gasteiger partial charge in [0.15, 0.2) is 5.82 Å². The molecule has 0 N–H and O–H groups in total. The number of hydrogen-bond donors (Lipinski definition) is 0. The van der Waals surface area contributed by atoms with Crippen LogP contribution in [0.3, 0.4) is 0 Å². The number of pyridine rings is 1. The number of anilines is 1. The van der Waals surface area contributed by atoms with Gasteiger partial charge in [0.2, 0.25) is 0 Å². The number of likely N-dealkylation sites (tertiary alicyclic amines) is 1. The van der Waals surface area contributed by atoms with Gasteiger partial charge in [0.25, 0.3) is 5.89 Å². The van der Waals surface area contributed by atoms with Crippen LogP contribution in [0.5, 0.6) is 0 Å². The number of aromatic nitrogens is 3. The van der Waals surface area contributed by atoms with Gasteiger partial charge in [0, 0.05) is 44.0 Å². The molecule has 0 aromatic carbocycles. The minimum absolute atomic E-state index is 0.562. The predicted molar refractivity (Wildman–Crippen MR) is 101 cm³/mol. The second-order valence-corrected chi connectivity index (χ2v) is 7.24. The Kier molecular flexibility index (Phi) is 5.17. The van der Waals surface area contributed by atoms with Crippen LogP contribution in [0.4, 0.5) is 5.82 Å². The molecule has 0 amide bonds. The van der Waals surface area contributed by atoms with Crippen LogP contribution >= 0.6 is 0 Å². The summed E-state index contributed by atoms with van der Waals surface area (Å²) in [5, 5.41) is 3.88. The number of aryl methyl sites for hydroxylation is 1. The van der Waals surface area contributed by atoms with Gasteiger partial charge < -0.3 is 14.3 Å². The molecule has 2 fully saturated rings. The van der Waals surface area contributed by atoms with Gasteiger partial charge >= 0.3 is 0 Å². The van der Waals surface area contributed by atoms with Gasteiger partial charge in [-0.05, 0) is 51.5 Å². The Balaban J connectivity index is 1.36. The van der Waals surface area contributed by atoms with Crippen LogP contribution in [0.1, 0.15) is 25.6 Å². The highest BCUT2D eigenvalue weighted by Gasteiger charge is 2.27. The van der Waals surface area contributed by atoms with Crippen LogP contribution in [-0.4, -0.2) is 76.8 Å². The lowest BCUT2D eigenvalue weighted by Gasteiger charge is -2.43. The Labute approximate surface area is 155 Å². The standard InChI is InChI=1S/C19H28N6O/c1-3-23-8-5-17(6-9-23)24-10-12-25(13-11-24)18-14-16(4-7-20-18)19-21-15(2)22-26-19/h4,7,14,17H,3,5-6,8-13H2,1-2H3. The molecule has 7 nitrogen and oxygen atoms in total. The van der Waals surface area contributed by atoms with Crippen molar-refractivity contribution in [2.45, 2.75) is 32.7 Å². The van der Waals surface area contributed by atoms with E-state index >= 15 is 0 Å². The van der Waals surface area contributed by atoms with Gasteiger partial charge in [-0.1, -0.05) is 12.1 Å². The normalized spacial score (nSPS) is 20.6. The summed E-state index contributed by atoms with van der Waals surface area (Å²) in [5.74, 6) is 2.22. The van der Waals surface area contributed by atoms with Crippen LogP contribution in [-0.2, 0) is 0 Å². The van der Waals surface area contributed by atoms with E-state index < -0.39 is 0 Å². The molecule has 0 radical (unpaired) electrons. The number of rotatable bonds is 4. The third-order valence-corrected chi connectivity index (χ3v) is 5.68. The molecule has 4 heterocycles. The lowest BCUT2D eigenvalue weighted by Crippen LogP contribution is -2.53. The fourth-order valence-corrected chi connectivity index (χ4v) is 4.06. The maximum atomic E-state index is 5.29. The van der Waals surface area contributed by atoms with Gasteiger partial charge in [-0.15, -0.1) is 0 Å². The Morgan fingerprint density at radius 1 is 1.12 bits per heavy atom. The Hall–Kier alpha value is -1.99. The van der Waals surface area contributed by atoms with Crippen molar-refractivity contribution in [3.8, 4) is 11.5 Å². The number of piperidine rings is 1. The topological polar surface area (TPSA) is 61.5 Å². The first-order valence-electron chi connectivity index (χ1n) is 9.71. The van der Waals surface area contributed by atoms with Crippen LogP contribution in [0.25, 0.3) is 11.5 Å². The molecule has 0 spiro atoms. The lowest BCUT2D eigenvalue weighted by molar-refractivity contribution is 0.106. The summed E-state index contributed by atoms with van der Waals surface area (Å²) in [5.41, 5.74) is 0.935. The summed E-state index contributed by atoms with van der Waals surface area (Å²) in [6.07, 6.45) is 4.44. The van der Waals surface area contributed by atoms with Gasteiger partial charge in [-0.2, -0.15) is 4.98 Å². The zero-order chi connectivity index (χ0) is 17.9. The molecule has 2 aromatic rings. The van der Waals surface area contributed by atoms with E-state index in [1.165, 1.54) is 32.5 Å². The zero-order valence-corrected chi connectivity index (χ0v) is 15.8. The van der Waals surface area contributed by atoms with Crippen molar-refractivity contribution in [3.63, 3.8) is 0 Å². The molecule has 2 saturated heterocycles. The fraction of sp³-hybridized carbons (Fsp3) is 0.632. The molecular formula is C19H28N6O. The molecule has 2 aliphatic heterocycles. The Bertz CT molecular complexity index is 716. The molecule has 7 heteroatoms. The van der Waals surface area contributed by atoms with Gasteiger partial charge in [-0.25, -0.2) is 4.98 Å². The van der Waals surface area contributed by atoms with Crippen LogP contribution in [0, 0.1) is 6.92 Å². The van der Waals surface area contributed by atoms with Crippen molar-refractivity contribution in [1.29, 1.82) is 0 Å². The SMILES string of the molecule is CCN1CCC(N2CCN(c3cc(-c4nc(C)no4)ccn3)CC2)CC1. The number of piperazine rings is 1. The molecule has 0 unspecified atom stereocenters. The van der Waals surface area contributed by atoms with Crippen LogP contribution in [0.2, 0.25) is 0 Å². The maximum Gasteiger partial charge on any atom is 0.258 e. The van der Waals surface area contributed by atoms with E-state index in [0.717, 1.165) is 43.6 Å². The van der Waals surface area contributed by atoms with Crippen molar-refractivity contribution < 1.29 is 4.52 Å². The molecule has 0 saturated carbocycles. The molecule has 0 aliphatic carbocycles. The summed E-state index contributed by atoms with van der Waals surface area (Å²) in [7, 11) is 0. The largest absolute Gasteiger partial charge is 0.354 e. The minimum Gasteiger partial charge on any atom is -0.354 e. The fourth-order valence-electron chi connectivity index (χ4n) is 4.06. The van der Waals surface area contributed by atoms with Crippen molar-refractivity contribution >= 4 is 5.82 Å². The second kappa shape index (κ2) is 7.72. The van der Waals surface area contributed by atoms with Crippen molar-refractivity contribution in [3.05, 3.63) is 24.2 Å². The highest BCUT2D eigenvalue weighted by molar-refractivity contribution is 5.58. The van der Waals surface area contributed by atoms with Gasteiger partial charge in [-0.3, -0.25) is 4.90 Å². The smallest absolute Gasteiger partial charge is 0.258 e. The predicted octanol–water partition coefficient (Wildman–Crippen LogP) is 2.05. The summed E-state index contributed by atoms with van der Waals surface area (Å²) in [6, 6.07) is 4.73. The molecule has 0 atom stereocenters. The van der Waals surface area contributed by atoms with E-state index in [4.69, 9.17) is 4.52 Å². The first-order chi connectivity index (χ1) is 12.7. The van der Waals surface area contributed by atoms with Crippen molar-refractivity contribution in [1.82, 2.24) is 24.9 Å².